The molecule has 16 nitrogen and oxygen atoms in total. The van der Waals surface area contributed by atoms with Gasteiger partial charge in [0.1, 0.15) is 6.04 Å². The Morgan fingerprint density at radius 1 is 0.661 bits per heavy atom. The van der Waals surface area contributed by atoms with Crippen LogP contribution in [0.25, 0.3) is 0 Å². The largest absolute Gasteiger partial charge is 0.490 e. The van der Waals surface area contributed by atoms with E-state index in [0.717, 1.165) is 22.3 Å². The van der Waals surface area contributed by atoms with E-state index in [-0.39, 0.29) is 36.8 Å². The van der Waals surface area contributed by atoms with E-state index in [0.29, 0.717) is 19.4 Å². The van der Waals surface area contributed by atoms with Crippen LogP contribution < -0.4 is 38.9 Å². The minimum Gasteiger partial charge on any atom is -0.475 e. The van der Waals surface area contributed by atoms with E-state index in [1.54, 1.807) is 0 Å². The number of carboxylic acid groups (broad SMARTS) is 2. The van der Waals surface area contributed by atoms with Gasteiger partial charge < -0.3 is 43.8 Å². The number of alkyl halides is 6. The van der Waals surface area contributed by atoms with Crippen LogP contribution in [0.2, 0.25) is 0 Å². The van der Waals surface area contributed by atoms with Crippen molar-refractivity contribution in [2.75, 3.05) is 6.54 Å². The van der Waals surface area contributed by atoms with Gasteiger partial charge in [-0.25, -0.2) is 19.4 Å². The molecule has 0 bridgehead atoms. The smallest absolute Gasteiger partial charge is 0.475 e. The van der Waals surface area contributed by atoms with Crippen molar-refractivity contribution < 1.29 is 60.5 Å². The molecule has 13 N–H and O–H groups in total. The van der Waals surface area contributed by atoms with E-state index >= 15 is 0 Å². The Kier molecular flexibility index (Phi) is 19.4. The molecule has 0 fully saturated rings. The van der Waals surface area contributed by atoms with E-state index in [1.165, 1.54) is 0 Å². The number of rotatable bonds is 13. The van der Waals surface area contributed by atoms with Gasteiger partial charge in [-0.2, -0.15) is 26.3 Å². The van der Waals surface area contributed by atoms with Gasteiger partial charge in [-0.15, -0.1) is 0 Å². The summed E-state index contributed by atoms with van der Waals surface area (Å²) in [7, 11) is 0. The van der Waals surface area contributed by atoms with Gasteiger partial charge in [-0.05, 0) is 35.1 Å². The summed E-state index contributed by atoms with van der Waals surface area (Å²) in [6, 6.07) is 24.6. The number of carboxylic acids is 2. The van der Waals surface area contributed by atoms with Crippen molar-refractivity contribution in [1.82, 2.24) is 16.0 Å². The molecule has 0 aromatic heterocycles. The van der Waals surface area contributed by atoms with Crippen molar-refractivity contribution in [3.63, 3.8) is 0 Å². The fraction of sp³-hybridized carbons (Fsp3) is 0.265. The summed E-state index contributed by atoms with van der Waals surface area (Å²) in [5.41, 5.74) is 24.8. The lowest BCUT2D eigenvalue weighted by Gasteiger charge is -2.23. The lowest BCUT2D eigenvalue weighted by atomic mass is 9.90. The number of hydrogen-bond donors (Lipinski definition) is 9. The number of benzene rings is 3. The maximum atomic E-state index is 13.7. The third-order valence-corrected chi connectivity index (χ3v) is 6.76. The number of halogens is 6. The number of nitrogens with two attached hydrogens (primary N) is 4. The molecule has 0 aliphatic carbocycles. The van der Waals surface area contributed by atoms with Crippen LogP contribution >= 0.6 is 0 Å². The predicted molar refractivity (Wildman–Crippen MR) is 190 cm³/mol. The van der Waals surface area contributed by atoms with Gasteiger partial charge >= 0.3 is 30.3 Å². The third kappa shape index (κ3) is 19.3. The van der Waals surface area contributed by atoms with E-state index in [2.05, 4.69) is 25.9 Å². The molecule has 3 rings (SSSR count). The summed E-state index contributed by atoms with van der Waals surface area (Å²) in [4.78, 5) is 63.7. The van der Waals surface area contributed by atoms with Crippen molar-refractivity contribution in [2.24, 2.45) is 32.9 Å². The van der Waals surface area contributed by atoms with Gasteiger partial charge in [0.25, 0.3) is 0 Å². The molecule has 56 heavy (non-hydrogen) atoms. The maximum Gasteiger partial charge on any atom is 0.490 e. The molecule has 1 atom stereocenters. The Hall–Kier alpha value is -6.87. The fourth-order valence-corrected chi connectivity index (χ4v) is 4.23. The zero-order chi connectivity index (χ0) is 42.5. The van der Waals surface area contributed by atoms with E-state index in [9.17, 15) is 40.7 Å². The Labute approximate surface area is 315 Å². The van der Waals surface area contributed by atoms with Crippen LogP contribution in [0.15, 0.2) is 94.9 Å². The molecule has 0 aliphatic rings. The minimum absolute atomic E-state index is 0.0331. The molecule has 0 heterocycles. The summed E-state index contributed by atoms with van der Waals surface area (Å²) >= 11 is 0. The van der Waals surface area contributed by atoms with E-state index in [4.69, 9.17) is 42.7 Å². The number of guanidine groups is 2. The highest BCUT2D eigenvalue weighted by Crippen LogP contribution is 2.25. The standard InChI is InChI=1S/C30H37N9O3.2C2HF3O2/c31-28(32)35-17-7-12-24(38-27(41)25(22-8-3-1-4-9-22)23-10-5-2-6-11-23)26(40)36-18-20-13-15-21(16-14-20)19-37-29(33)39-30(34)42;2*3-2(4,5)1(6)7/h1-6,8-11,13-16,24-25H,7,12,17-19H2,(H,36,40)(H,38,41)(H4,31,32,35)(H5,33,34,37,39,42);2*(H,6,7)/t24-;;/m1../s1. The van der Waals surface area contributed by atoms with Crippen LogP contribution in [0.4, 0.5) is 31.1 Å². The summed E-state index contributed by atoms with van der Waals surface area (Å²) in [5, 5.41) is 22.3. The third-order valence-electron chi connectivity index (χ3n) is 6.76. The molecular weight excluding hydrogens is 760 g/mol. The van der Waals surface area contributed by atoms with E-state index in [1.807, 2.05) is 84.9 Å². The molecule has 0 spiro atoms. The van der Waals surface area contributed by atoms with Gasteiger partial charge in [-0.1, -0.05) is 84.9 Å². The van der Waals surface area contributed by atoms with Crippen LogP contribution in [0.5, 0.6) is 0 Å². The van der Waals surface area contributed by atoms with Gasteiger partial charge in [0.05, 0.1) is 12.5 Å². The molecule has 0 saturated carbocycles. The number of nitrogens with one attached hydrogen (secondary N) is 3. The maximum absolute atomic E-state index is 13.7. The van der Waals surface area contributed by atoms with Gasteiger partial charge in [-0.3, -0.25) is 19.9 Å². The minimum atomic E-state index is -5.08. The summed E-state index contributed by atoms with van der Waals surface area (Å²) in [5.74, 6) is -6.83. The van der Waals surface area contributed by atoms with Gasteiger partial charge in [0.15, 0.2) is 11.9 Å². The Bertz CT molecular complexity index is 1730. The van der Waals surface area contributed by atoms with Crippen LogP contribution in [0.1, 0.15) is 41.0 Å². The molecule has 4 amide bonds. The Morgan fingerprint density at radius 3 is 1.52 bits per heavy atom. The number of primary amides is 1. The number of nitrogens with zero attached hydrogens (tertiary/aromatic N) is 2. The predicted octanol–water partition coefficient (Wildman–Crippen LogP) is 2.42. The lowest BCUT2D eigenvalue weighted by molar-refractivity contribution is -0.193. The number of amides is 4. The molecule has 3 aromatic carbocycles. The summed E-state index contributed by atoms with van der Waals surface area (Å²) < 4.78 is 63.5. The number of urea groups is 1. The number of carbonyl (C=O) groups excluding carboxylic acids is 3. The zero-order valence-electron chi connectivity index (χ0n) is 29.2. The molecule has 0 saturated heterocycles. The van der Waals surface area contributed by atoms with Crippen molar-refractivity contribution in [3.05, 3.63) is 107 Å². The van der Waals surface area contributed by atoms with Crippen LogP contribution in [0.3, 0.4) is 0 Å². The first-order valence-corrected chi connectivity index (χ1v) is 15.9. The second-order valence-electron chi connectivity index (χ2n) is 11.1. The molecular formula is C34H39F6N9O7. The Balaban J connectivity index is 0.000000949. The van der Waals surface area contributed by atoms with Crippen molar-refractivity contribution >= 4 is 41.7 Å². The highest BCUT2D eigenvalue weighted by Gasteiger charge is 2.39. The average molecular weight is 800 g/mol. The summed E-state index contributed by atoms with van der Waals surface area (Å²) in [6.45, 7) is 0.813. The SMILES string of the molecule is NC(=O)NC(N)=NCc1ccc(CNC(=O)[C@@H](CCCN=C(N)N)NC(=O)C(c2ccccc2)c2ccccc2)cc1.O=C(O)C(F)(F)F.O=C(O)C(F)(F)F. The molecule has 304 valence electrons. The lowest BCUT2D eigenvalue weighted by Crippen LogP contribution is -2.48. The molecule has 22 heteroatoms. The first-order chi connectivity index (χ1) is 26.1. The summed E-state index contributed by atoms with van der Waals surface area (Å²) in [6.07, 6.45) is -9.34. The number of aliphatic imine (C=N–C) groups is 2. The molecule has 0 aliphatic heterocycles. The number of hydrogen-bond acceptors (Lipinski definition) is 7. The quantitative estimate of drug-likeness (QED) is 0.0527. The highest BCUT2D eigenvalue weighted by molar-refractivity contribution is 5.94. The van der Waals surface area contributed by atoms with Crippen LogP contribution in [-0.2, 0) is 32.3 Å². The second-order valence-corrected chi connectivity index (χ2v) is 11.1. The molecule has 3 aromatic rings. The van der Waals surface area contributed by atoms with Gasteiger partial charge in [0, 0.05) is 13.1 Å². The van der Waals surface area contributed by atoms with Crippen molar-refractivity contribution in [3.8, 4) is 0 Å². The molecule has 0 radical (unpaired) electrons. The van der Waals surface area contributed by atoms with Crippen LogP contribution in [0, 0.1) is 0 Å². The van der Waals surface area contributed by atoms with E-state index < -0.39 is 42.3 Å². The molecule has 0 unspecified atom stereocenters. The fourth-order valence-electron chi connectivity index (χ4n) is 4.23. The topological polar surface area (TPSA) is 291 Å². The Morgan fingerprint density at radius 2 is 1.11 bits per heavy atom. The second kappa shape index (κ2) is 23.0. The first kappa shape index (κ1) is 47.2. The van der Waals surface area contributed by atoms with Crippen molar-refractivity contribution in [2.45, 2.75) is 50.2 Å². The monoisotopic (exact) mass is 799 g/mol. The van der Waals surface area contributed by atoms with Crippen molar-refractivity contribution in [1.29, 1.82) is 0 Å². The normalized spacial score (nSPS) is 11.7. The number of carbonyl (C=O) groups is 5. The average Bonchev–Trinajstić information content (AvgIpc) is 3.12. The zero-order valence-corrected chi connectivity index (χ0v) is 29.2. The highest BCUT2D eigenvalue weighted by atomic mass is 19.4. The first-order valence-electron chi connectivity index (χ1n) is 15.9. The number of aliphatic carboxylic acids is 2. The van der Waals surface area contributed by atoms with Gasteiger partial charge in [0.2, 0.25) is 11.8 Å². The van der Waals surface area contributed by atoms with Crippen LogP contribution in [-0.4, -0.2) is 76.9 Å².